The summed E-state index contributed by atoms with van der Waals surface area (Å²) in [6.45, 7) is 2.07. The van der Waals surface area contributed by atoms with Crippen LogP contribution in [0.25, 0.3) is 0 Å². The monoisotopic (exact) mass is 265 g/mol. The van der Waals surface area contributed by atoms with Crippen molar-refractivity contribution in [2.24, 2.45) is 5.92 Å². The normalized spacial score (nSPS) is 23.0. The van der Waals surface area contributed by atoms with Gasteiger partial charge in [-0.25, -0.2) is 0 Å². The molecule has 1 aliphatic carbocycles. The second kappa shape index (κ2) is 6.24. The Morgan fingerprint density at radius 2 is 2.17 bits per heavy atom. The van der Waals surface area contributed by atoms with Crippen molar-refractivity contribution >= 4 is 17.5 Å². The summed E-state index contributed by atoms with van der Waals surface area (Å²) in [5, 5.41) is 3.15. The van der Waals surface area contributed by atoms with Crippen LogP contribution < -0.4 is 5.32 Å². The Morgan fingerprint density at radius 1 is 1.39 bits per heavy atom. The maximum atomic E-state index is 12.3. The van der Waals surface area contributed by atoms with E-state index in [2.05, 4.69) is 12.2 Å². The molecule has 0 spiro atoms. The van der Waals surface area contributed by atoms with Crippen LogP contribution in [0, 0.1) is 5.92 Å². The Balaban J connectivity index is 2.07. The van der Waals surface area contributed by atoms with Crippen molar-refractivity contribution in [2.75, 3.05) is 5.88 Å². The van der Waals surface area contributed by atoms with E-state index < -0.39 is 0 Å². The smallest absolute Gasteiger partial charge is 0.251 e. The highest BCUT2D eigenvalue weighted by atomic mass is 35.5. The van der Waals surface area contributed by atoms with Gasteiger partial charge in [0.15, 0.2) is 0 Å². The number of nitrogens with one attached hydrogen (secondary N) is 1. The number of rotatable bonds is 4. The van der Waals surface area contributed by atoms with E-state index in [4.69, 9.17) is 11.6 Å². The van der Waals surface area contributed by atoms with E-state index in [9.17, 15) is 4.79 Å². The second-order valence-corrected chi connectivity index (χ2v) is 5.24. The van der Waals surface area contributed by atoms with Crippen LogP contribution in [-0.4, -0.2) is 17.8 Å². The molecule has 2 unspecified atom stereocenters. The van der Waals surface area contributed by atoms with Crippen molar-refractivity contribution in [2.45, 2.75) is 38.6 Å². The molecule has 0 aliphatic heterocycles. The maximum absolute atomic E-state index is 12.3. The summed E-state index contributed by atoms with van der Waals surface area (Å²) in [6.07, 6.45) is 4.23. The molecule has 1 aliphatic rings. The molecule has 98 valence electrons. The summed E-state index contributed by atoms with van der Waals surface area (Å²) in [4.78, 5) is 12.3. The van der Waals surface area contributed by atoms with Gasteiger partial charge in [0.05, 0.1) is 0 Å². The standard InChI is InChI=1S/C15H20ClNO/c1-2-11-6-3-4-8-13(11)15(18)17-14-9-5-7-12(14)10-16/h3-4,6,8,12,14H,2,5,7,9-10H2,1H3,(H,17,18). The molecule has 18 heavy (non-hydrogen) atoms. The third kappa shape index (κ3) is 2.86. The van der Waals surface area contributed by atoms with Gasteiger partial charge in [0.25, 0.3) is 5.91 Å². The summed E-state index contributed by atoms with van der Waals surface area (Å²) in [5.74, 6) is 1.12. The predicted octanol–water partition coefficient (Wildman–Crippen LogP) is 3.39. The number of benzene rings is 1. The minimum atomic E-state index is 0.0504. The molecule has 1 aromatic rings. The topological polar surface area (TPSA) is 29.1 Å². The Hall–Kier alpha value is -1.02. The fourth-order valence-corrected chi connectivity index (χ4v) is 3.08. The van der Waals surface area contributed by atoms with E-state index in [1.807, 2.05) is 24.3 Å². The second-order valence-electron chi connectivity index (χ2n) is 4.94. The molecular weight excluding hydrogens is 246 g/mol. The maximum Gasteiger partial charge on any atom is 0.251 e. The lowest BCUT2D eigenvalue weighted by atomic mass is 10.0. The third-order valence-electron chi connectivity index (χ3n) is 3.82. The lowest BCUT2D eigenvalue weighted by Crippen LogP contribution is -2.38. The number of amides is 1. The van der Waals surface area contributed by atoms with Crippen LogP contribution in [0.2, 0.25) is 0 Å². The molecule has 0 heterocycles. The summed E-state index contributed by atoms with van der Waals surface area (Å²) < 4.78 is 0. The van der Waals surface area contributed by atoms with Gasteiger partial charge in [-0.3, -0.25) is 4.79 Å². The minimum Gasteiger partial charge on any atom is -0.349 e. The number of halogens is 1. The van der Waals surface area contributed by atoms with Crippen molar-refractivity contribution in [3.05, 3.63) is 35.4 Å². The third-order valence-corrected chi connectivity index (χ3v) is 4.21. The largest absolute Gasteiger partial charge is 0.349 e. The van der Waals surface area contributed by atoms with Gasteiger partial charge in [0.1, 0.15) is 0 Å². The van der Waals surface area contributed by atoms with E-state index in [1.54, 1.807) is 0 Å². The van der Waals surface area contributed by atoms with Gasteiger partial charge < -0.3 is 5.32 Å². The number of hydrogen-bond acceptors (Lipinski definition) is 1. The zero-order chi connectivity index (χ0) is 13.0. The van der Waals surface area contributed by atoms with Gasteiger partial charge in [-0.15, -0.1) is 11.6 Å². The van der Waals surface area contributed by atoms with Crippen LogP contribution in [0.15, 0.2) is 24.3 Å². The summed E-state index contributed by atoms with van der Waals surface area (Å²) in [7, 11) is 0. The van der Waals surface area contributed by atoms with Crippen molar-refractivity contribution in [3.63, 3.8) is 0 Å². The van der Waals surface area contributed by atoms with Gasteiger partial charge in [-0.05, 0) is 36.8 Å². The zero-order valence-electron chi connectivity index (χ0n) is 10.8. The number of carbonyl (C=O) groups is 1. The van der Waals surface area contributed by atoms with Gasteiger partial charge in [0, 0.05) is 17.5 Å². The van der Waals surface area contributed by atoms with Crippen LogP contribution in [0.4, 0.5) is 0 Å². The molecule has 2 atom stereocenters. The molecule has 1 fully saturated rings. The van der Waals surface area contributed by atoms with Gasteiger partial charge >= 0.3 is 0 Å². The van der Waals surface area contributed by atoms with E-state index in [0.29, 0.717) is 11.8 Å². The molecule has 1 N–H and O–H groups in total. The zero-order valence-corrected chi connectivity index (χ0v) is 11.5. The first kappa shape index (κ1) is 13.4. The number of carbonyl (C=O) groups excluding carboxylic acids is 1. The average molecular weight is 266 g/mol. The highest BCUT2D eigenvalue weighted by molar-refractivity contribution is 6.18. The Kier molecular flexibility index (Phi) is 4.65. The lowest BCUT2D eigenvalue weighted by Gasteiger charge is -2.19. The predicted molar refractivity (Wildman–Crippen MR) is 75.1 cm³/mol. The molecule has 2 nitrogen and oxygen atoms in total. The Morgan fingerprint density at radius 3 is 2.89 bits per heavy atom. The molecule has 1 aromatic carbocycles. The summed E-state index contributed by atoms with van der Waals surface area (Å²) in [6, 6.07) is 8.07. The quantitative estimate of drug-likeness (QED) is 0.831. The van der Waals surface area contributed by atoms with Crippen LogP contribution in [-0.2, 0) is 6.42 Å². The molecule has 3 heteroatoms. The van der Waals surface area contributed by atoms with Crippen LogP contribution in [0.3, 0.4) is 0 Å². The van der Waals surface area contributed by atoms with E-state index in [0.717, 1.165) is 36.8 Å². The van der Waals surface area contributed by atoms with Crippen molar-refractivity contribution in [3.8, 4) is 0 Å². The first-order valence-electron chi connectivity index (χ1n) is 6.71. The van der Waals surface area contributed by atoms with Crippen molar-refractivity contribution < 1.29 is 4.79 Å². The number of hydrogen-bond donors (Lipinski definition) is 1. The number of aryl methyl sites for hydroxylation is 1. The van der Waals surface area contributed by atoms with Crippen LogP contribution >= 0.6 is 11.6 Å². The first-order chi connectivity index (χ1) is 8.76. The highest BCUT2D eigenvalue weighted by Crippen LogP contribution is 2.27. The summed E-state index contributed by atoms with van der Waals surface area (Å²) in [5.41, 5.74) is 1.91. The van der Waals surface area contributed by atoms with Crippen LogP contribution in [0.1, 0.15) is 42.1 Å². The molecule has 0 saturated heterocycles. The molecule has 1 amide bonds. The van der Waals surface area contributed by atoms with Gasteiger partial charge in [0.2, 0.25) is 0 Å². The number of alkyl halides is 1. The molecule has 1 saturated carbocycles. The molecular formula is C15H20ClNO. The molecule has 0 aromatic heterocycles. The van der Waals surface area contributed by atoms with Crippen molar-refractivity contribution in [1.82, 2.24) is 5.32 Å². The Labute approximate surface area is 114 Å². The molecule has 0 radical (unpaired) electrons. The minimum absolute atomic E-state index is 0.0504. The van der Waals surface area contributed by atoms with E-state index in [1.165, 1.54) is 0 Å². The van der Waals surface area contributed by atoms with Gasteiger partial charge in [-0.1, -0.05) is 31.5 Å². The fourth-order valence-electron chi connectivity index (χ4n) is 2.71. The lowest BCUT2D eigenvalue weighted by molar-refractivity contribution is 0.0929. The first-order valence-corrected chi connectivity index (χ1v) is 7.24. The highest BCUT2D eigenvalue weighted by Gasteiger charge is 2.28. The van der Waals surface area contributed by atoms with E-state index >= 15 is 0 Å². The molecule has 0 bridgehead atoms. The average Bonchev–Trinajstić information content (AvgIpc) is 2.85. The van der Waals surface area contributed by atoms with E-state index in [-0.39, 0.29) is 11.9 Å². The van der Waals surface area contributed by atoms with Gasteiger partial charge in [-0.2, -0.15) is 0 Å². The fraction of sp³-hybridized carbons (Fsp3) is 0.533. The summed E-state index contributed by atoms with van der Waals surface area (Å²) >= 11 is 5.94. The van der Waals surface area contributed by atoms with Crippen LogP contribution in [0.5, 0.6) is 0 Å². The van der Waals surface area contributed by atoms with Crippen molar-refractivity contribution in [1.29, 1.82) is 0 Å². The molecule has 2 rings (SSSR count). The Bertz CT molecular complexity index is 419. The SMILES string of the molecule is CCc1ccccc1C(=O)NC1CCCC1CCl.